The molecule has 1 unspecified atom stereocenters. The molecule has 7 nitrogen and oxygen atoms in total. The van der Waals surface area contributed by atoms with Gasteiger partial charge >= 0.3 is 6.09 Å². The molecule has 0 spiro atoms. The van der Waals surface area contributed by atoms with Gasteiger partial charge in [0.1, 0.15) is 5.75 Å². The molecule has 3 aromatic rings. The summed E-state index contributed by atoms with van der Waals surface area (Å²) in [5, 5.41) is 12.7. The molecule has 1 aliphatic rings. The number of hydroxylamine groups is 1. The number of aromatic nitrogens is 2. The Labute approximate surface area is 172 Å². The lowest BCUT2D eigenvalue weighted by Crippen LogP contribution is -2.28. The largest absolute Gasteiger partial charge is 0.436 e. The van der Waals surface area contributed by atoms with Gasteiger partial charge in [-0.15, -0.1) is 0 Å². The molecule has 1 aromatic heterocycles. The second-order valence-electron chi connectivity index (χ2n) is 6.79. The highest BCUT2D eigenvalue weighted by Crippen LogP contribution is 2.27. The van der Waals surface area contributed by atoms with Crippen LogP contribution in [0.25, 0.3) is 11.3 Å². The van der Waals surface area contributed by atoms with Crippen molar-refractivity contribution >= 4 is 23.6 Å². The molecule has 1 heterocycles. The van der Waals surface area contributed by atoms with E-state index in [-0.39, 0.29) is 6.04 Å². The first-order valence-electron chi connectivity index (χ1n) is 9.20. The van der Waals surface area contributed by atoms with Gasteiger partial charge < -0.3 is 10.1 Å². The Morgan fingerprint density at radius 1 is 1.14 bits per heavy atom. The molecule has 148 valence electrons. The lowest BCUT2D eigenvalue weighted by Gasteiger charge is -2.26. The Hall–Kier alpha value is -3.16. The number of rotatable bonds is 4. The van der Waals surface area contributed by atoms with Crippen molar-refractivity contribution in [3.8, 4) is 17.0 Å². The van der Waals surface area contributed by atoms with E-state index >= 15 is 0 Å². The average Bonchev–Trinajstić information content (AvgIpc) is 2.74. The number of nitrogens with zero attached hydrogens (tertiary/aromatic N) is 2. The van der Waals surface area contributed by atoms with Crippen molar-refractivity contribution in [3.05, 3.63) is 70.9 Å². The molecular weight excluding hydrogens is 392 g/mol. The Morgan fingerprint density at radius 2 is 1.97 bits per heavy atom. The highest BCUT2D eigenvalue weighted by Gasteiger charge is 2.20. The van der Waals surface area contributed by atoms with Crippen LogP contribution in [-0.4, -0.2) is 27.3 Å². The molecule has 0 radical (unpaired) electrons. The first kappa shape index (κ1) is 19.2. The number of ether oxygens (including phenoxy) is 1. The van der Waals surface area contributed by atoms with Crippen molar-refractivity contribution < 1.29 is 14.7 Å². The highest BCUT2D eigenvalue weighted by atomic mass is 35.5. The molecule has 1 aliphatic carbocycles. The maximum absolute atomic E-state index is 11.2. The van der Waals surface area contributed by atoms with Gasteiger partial charge in [0.2, 0.25) is 5.95 Å². The van der Waals surface area contributed by atoms with Gasteiger partial charge in [-0.3, -0.25) is 5.21 Å². The zero-order chi connectivity index (χ0) is 20.2. The van der Waals surface area contributed by atoms with Crippen LogP contribution in [0.4, 0.5) is 10.7 Å². The van der Waals surface area contributed by atoms with E-state index in [1.165, 1.54) is 11.0 Å². The van der Waals surface area contributed by atoms with Crippen molar-refractivity contribution in [1.29, 1.82) is 0 Å². The van der Waals surface area contributed by atoms with E-state index in [2.05, 4.69) is 15.3 Å². The van der Waals surface area contributed by atoms with Crippen LogP contribution >= 0.6 is 11.6 Å². The summed E-state index contributed by atoms with van der Waals surface area (Å²) in [6.45, 7) is 0. The zero-order valence-electron chi connectivity index (χ0n) is 15.4. The molecule has 1 atom stereocenters. The standard InChI is InChI=1S/C21H19ClN4O3/c22-16-5-1-14(2-6-16)19-9-10-23-20(25-19)24-17-7-3-13-4-8-18(12-15(13)11-17)29-21(27)26-28/h1-2,4-6,8-10,12,17,28H,3,7,11H2,(H,26,27)(H,23,24,25). The number of amides is 1. The lowest BCUT2D eigenvalue weighted by atomic mass is 9.88. The molecular formula is C21H19ClN4O3. The Balaban J connectivity index is 1.47. The average molecular weight is 411 g/mol. The fraction of sp³-hybridized carbons (Fsp3) is 0.190. The summed E-state index contributed by atoms with van der Waals surface area (Å²) in [6.07, 6.45) is 3.41. The first-order valence-corrected chi connectivity index (χ1v) is 9.58. The molecule has 3 N–H and O–H groups in total. The smallest absolute Gasteiger partial charge is 0.409 e. The predicted octanol–water partition coefficient (Wildman–Crippen LogP) is 4.24. The number of halogens is 1. The maximum Gasteiger partial charge on any atom is 0.436 e. The van der Waals surface area contributed by atoms with Gasteiger partial charge in [-0.25, -0.2) is 20.2 Å². The molecule has 0 aliphatic heterocycles. The first-order chi connectivity index (χ1) is 14.1. The minimum Gasteiger partial charge on any atom is -0.409 e. The minimum absolute atomic E-state index is 0.157. The number of nitrogens with one attached hydrogen (secondary N) is 2. The number of hydrogen-bond acceptors (Lipinski definition) is 6. The van der Waals surface area contributed by atoms with Gasteiger partial charge in [-0.05, 0) is 60.7 Å². The van der Waals surface area contributed by atoms with E-state index in [4.69, 9.17) is 21.5 Å². The molecule has 1 amide bonds. The van der Waals surface area contributed by atoms with E-state index in [0.29, 0.717) is 16.7 Å². The van der Waals surface area contributed by atoms with Crippen LogP contribution in [0.3, 0.4) is 0 Å². The van der Waals surface area contributed by atoms with Gasteiger partial charge in [0.25, 0.3) is 0 Å². The van der Waals surface area contributed by atoms with Gasteiger partial charge in [0.05, 0.1) is 5.69 Å². The summed E-state index contributed by atoms with van der Waals surface area (Å²) in [5.41, 5.74) is 5.56. The Bertz CT molecular complexity index is 1030. The molecule has 29 heavy (non-hydrogen) atoms. The number of carbonyl (C=O) groups is 1. The molecule has 0 saturated heterocycles. The van der Waals surface area contributed by atoms with Crippen molar-refractivity contribution in [1.82, 2.24) is 15.4 Å². The second-order valence-corrected chi connectivity index (χ2v) is 7.22. The van der Waals surface area contributed by atoms with Crippen molar-refractivity contribution in [3.63, 3.8) is 0 Å². The SMILES string of the molecule is O=C(NO)Oc1ccc2c(c1)CC(Nc1nccc(-c3ccc(Cl)cc3)n1)CC2. The summed E-state index contributed by atoms with van der Waals surface area (Å²) in [6, 6.07) is 15.0. The third kappa shape index (κ3) is 4.64. The number of fused-ring (bicyclic) bond motifs is 1. The lowest BCUT2D eigenvalue weighted by molar-refractivity contribution is 0.127. The molecule has 0 fully saturated rings. The van der Waals surface area contributed by atoms with Crippen molar-refractivity contribution in [2.24, 2.45) is 0 Å². The van der Waals surface area contributed by atoms with E-state index < -0.39 is 6.09 Å². The number of aryl methyl sites for hydroxylation is 1. The normalized spacial score (nSPS) is 15.3. The summed E-state index contributed by atoms with van der Waals surface area (Å²) in [7, 11) is 0. The number of benzene rings is 2. The van der Waals surface area contributed by atoms with Crippen LogP contribution in [0, 0.1) is 0 Å². The Morgan fingerprint density at radius 3 is 2.76 bits per heavy atom. The number of anilines is 1. The third-order valence-corrected chi connectivity index (χ3v) is 5.09. The van der Waals surface area contributed by atoms with Gasteiger partial charge in [0, 0.05) is 22.8 Å². The Kier molecular flexibility index (Phi) is 5.59. The summed E-state index contributed by atoms with van der Waals surface area (Å²) in [5.74, 6) is 0.954. The molecule has 0 bridgehead atoms. The van der Waals surface area contributed by atoms with E-state index in [0.717, 1.165) is 36.1 Å². The fourth-order valence-electron chi connectivity index (χ4n) is 3.44. The molecule has 0 saturated carbocycles. The molecule has 2 aromatic carbocycles. The second kappa shape index (κ2) is 8.46. The molecule has 4 rings (SSSR count). The van der Waals surface area contributed by atoms with Crippen molar-refractivity contribution in [2.75, 3.05) is 5.32 Å². The van der Waals surface area contributed by atoms with Gasteiger partial charge in [-0.1, -0.05) is 29.8 Å². The van der Waals surface area contributed by atoms with Crippen LogP contribution in [0.2, 0.25) is 5.02 Å². The third-order valence-electron chi connectivity index (χ3n) is 4.84. The summed E-state index contributed by atoms with van der Waals surface area (Å²) in [4.78, 5) is 20.2. The van der Waals surface area contributed by atoms with Crippen molar-refractivity contribution in [2.45, 2.75) is 25.3 Å². The number of carbonyl (C=O) groups excluding carboxylic acids is 1. The van der Waals surface area contributed by atoms with Crippen LogP contribution < -0.4 is 15.5 Å². The predicted molar refractivity (Wildman–Crippen MR) is 109 cm³/mol. The number of hydrogen-bond donors (Lipinski definition) is 3. The van der Waals surface area contributed by atoms with Crippen LogP contribution in [0.1, 0.15) is 17.5 Å². The van der Waals surface area contributed by atoms with E-state index in [1.807, 2.05) is 42.5 Å². The topological polar surface area (TPSA) is 96.4 Å². The van der Waals surface area contributed by atoms with Gasteiger partial charge in [0.15, 0.2) is 0 Å². The quantitative estimate of drug-likeness (QED) is 0.439. The maximum atomic E-state index is 11.2. The van der Waals surface area contributed by atoms with Gasteiger partial charge in [-0.2, -0.15) is 0 Å². The zero-order valence-corrected chi connectivity index (χ0v) is 16.2. The summed E-state index contributed by atoms with van der Waals surface area (Å²) >= 11 is 5.96. The van der Waals surface area contributed by atoms with Crippen LogP contribution in [0.15, 0.2) is 54.7 Å². The van der Waals surface area contributed by atoms with Crippen LogP contribution in [0.5, 0.6) is 5.75 Å². The summed E-state index contributed by atoms with van der Waals surface area (Å²) < 4.78 is 5.00. The van der Waals surface area contributed by atoms with Crippen LogP contribution in [-0.2, 0) is 12.8 Å². The monoisotopic (exact) mass is 410 g/mol. The van der Waals surface area contributed by atoms with E-state index in [1.54, 1.807) is 12.3 Å². The van der Waals surface area contributed by atoms with E-state index in [9.17, 15) is 4.79 Å². The molecule has 8 heteroatoms. The fourth-order valence-corrected chi connectivity index (χ4v) is 3.57. The highest BCUT2D eigenvalue weighted by molar-refractivity contribution is 6.30. The minimum atomic E-state index is -0.914.